The Morgan fingerprint density at radius 3 is 1.32 bits per heavy atom. The van der Waals surface area contributed by atoms with Crippen LogP contribution in [0.25, 0.3) is 67.2 Å². The fraction of sp³-hybridized carbons (Fsp3) is 0. The highest BCUT2D eigenvalue weighted by atomic mass is 28.3. The molecule has 10 rings (SSSR count). The predicted octanol–water partition coefficient (Wildman–Crippen LogP) is 7.33. The van der Waals surface area contributed by atoms with E-state index in [9.17, 15) is 0 Å². The van der Waals surface area contributed by atoms with Crippen molar-refractivity contribution in [2.24, 2.45) is 0 Å². The van der Waals surface area contributed by atoms with Crippen LogP contribution in [0.3, 0.4) is 0 Å². The van der Waals surface area contributed by atoms with Gasteiger partial charge in [-0.3, -0.25) is 0 Å². The van der Waals surface area contributed by atoms with Gasteiger partial charge < -0.3 is 8.83 Å². The van der Waals surface area contributed by atoms with E-state index >= 15 is 0 Å². The molecule has 190 valence electrons. The maximum absolute atomic E-state index is 6.52. The van der Waals surface area contributed by atoms with E-state index < -0.39 is 8.07 Å². The summed E-state index contributed by atoms with van der Waals surface area (Å²) in [6.07, 6.45) is 4.66. The summed E-state index contributed by atoms with van der Waals surface area (Å²) in [6.45, 7) is 0. The van der Waals surface area contributed by atoms with Crippen LogP contribution in [-0.4, -0.2) is 8.07 Å². The van der Waals surface area contributed by atoms with E-state index in [4.69, 9.17) is 8.83 Å². The summed E-state index contributed by atoms with van der Waals surface area (Å²) in [5.41, 5.74) is 8.95. The lowest BCUT2D eigenvalue weighted by Crippen LogP contribution is -2.73. The zero-order chi connectivity index (χ0) is 26.7. The van der Waals surface area contributed by atoms with Gasteiger partial charge in [-0.1, -0.05) is 97.1 Å². The van der Waals surface area contributed by atoms with Gasteiger partial charge in [0, 0.05) is 21.5 Å². The highest BCUT2D eigenvalue weighted by Crippen LogP contribution is 2.37. The molecule has 0 bridgehead atoms. The second kappa shape index (κ2) is 7.54. The Morgan fingerprint density at radius 2 is 0.805 bits per heavy atom. The fourth-order valence-electron chi connectivity index (χ4n) is 7.64. The standard InChI is InChI=1S/C38H22O2Si/c1-5-13-31-25(9-1)29-19-23-17-18-24-20-30-26-10-2-6-14-32(26)40-34(30)22-38(24)41(37(23)21-33(29)39-31)35-15-7-3-11-27(35)28-12-4-8-16-36(28)41/h1-22H. The molecule has 0 saturated carbocycles. The van der Waals surface area contributed by atoms with E-state index in [0.717, 1.165) is 33.1 Å². The minimum Gasteiger partial charge on any atom is -0.456 e. The van der Waals surface area contributed by atoms with Crippen LogP contribution >= 0.6 is 0 Å². The van der Waals surface area contributed by atoms with Gasteiger partial charge in [-0.15, -0.1) is 0 Å². The molecule has 2 aliphatic rings. The van der Waals surface area contributed by atoms with Crippen molar-refractivity contribution in [3.8, 4) is 11.1 Å². The molecule has 0 aliphatic carbocycles. The molecule has 2 aliphatic heterocycles. The van der Waals surface area contributed by atoms with Gasteiger partial charge in [-0.2, -0.15) is 0 Å². The summed E-state index contributed by atoms with van der Waals surface area (Å²) in [7, 11) is -2.77. The van der Waals surface area contributed by atoms with Gasteiger partial charge in [0.2, 0.25) is 0 Å². The van der Waals surface area contributed by atoms with Crippen molar-refractivity contribution in [3.63, 3.8) is 0 Å². The SMILES string of the molecule is C1=Cc2cc3c(cc2[Si]2(c4cc5oc6ccccc6c5cc41)c1ccccc1-c1ccccc12)oc1ccccc13. The molecule has 1 spiro atoms. The lowest BCUT2D eigenvalue weighted by atomic mass is 10.1. The average Bonchev–Trinajstić information content (AvgIpc) is 3.63. The maximum Gasteiger partial charge on any atom is 0.182 e. The molecule has 0 saturated heterocycles. The summed E-state index contributed by atoms with van der Waals surface area (Å²) < 4.78 is 13.0. The lowest BCUT2D eigenvalue weighted by Gasteiger charge is -2.32. The Bertz CT molecular complexity index is 2270. The Kier molecular flexibility index (Phi) is 3.98. The smallest absolute Gasteiger partial charge is 0.182 e. The van der Waals surface area contributed by atoms with Crippen LogP contribution in [0.4, 0.5) is 0 Å². The number of rotatable bonds is 0. The Balaban J connectivity index is 1.42. The van der Waals surface area contributed by atoms with Crippen LogP contribution in [0.15, 0.2) is 130 Å². The van der Waals surface area contributed by atoms with E-state index in [0.29, 0.717) is 0 Å². The number of hydrogen-bond donors (Lipinski definition) is 0. The Labute approximate surface area is 236 Å². The first-order chi connectivity index (χ1) is 20.3. The molecule has 2 nitrogen and oxygen atoms in total. The molecule has 8 aromatic rings. The summed E-state index contributed by atoms with van der Waals surface area (Å²) in [5.74, 6) is 0. The molecule has 6 aromatic carbocycles. The van der Waals surface area contributed by atoms with Gasteiger partial charge in [0.25, 0.3) is 0 Å². The van der Waals surface area contributed by atoms with Crippen molar-refractivity contribution in [1.82, 2.24) is 0 Å². The average molecular weight is 539 g/mol. The van der Waals surface area contributed by atoms with Crippen molar-refractivity contribution in [2.75, 3.05) is 0 Å². The number of benzene rings is 6. The molecule has 0 radical (unpaired) electrons. The number of furan rings is 2. The van der Waals surface area contributed by atoms with Crippen molar-refractivity contribution in [3.05, 3.63) is 132 Å². The Hall–Kier alpha value is -5.12. The van der Waals surface area contributed by atoms with Crippen molar-refractivity contribution in [2.45, 2.75) is 0 Å². The first-order valence-corrected chi connectivity index (χ1v) is 16.1. The Morgan fingerprint density at radius 1 is 0.366 bits per heavy atom. The molecular weight excluding hydrogens is 517 g/mol. The molecule has 2 aromatic heterocycles. The molecule has 0 N–H and O–H groups in total. The van der Waals surface area contributed by atoms with E-state index in [-0.39, 0.29) is 0 Å². The van der Waals surface area contributed by atoms with Crippen LogP contribution in [0.2, 0.25) is 0 Å². The maximum atomic E-state index is 6.52. The van der Waals surface area contributed by atoms with E-state index in [1.54, 1.807) is 0 Å². The second-order valence-electron chi connectivity index (χ2n) is 11.2. The van der Waals surface area contributed by atoms with Gasteiger partial charge in [0.05, 0.1) is 0 Å². The van der Waals surface area contributed by atoms with Gasteiger partial charge in [-0.25, -0.2) is 0 Å². The third-order valence-electron chi connectivity index (χ3n) is 9.30. The monoisotopic (exact) mass is 538 g/mol. The van der Waals surface area contributed by atoms with Gasteiger partial charge in [-0.05, 0) is 79.4 Å². The highest BCUT2D eigenvalue weighted by molar-refractivity contribution is 7.23. The third kappa shape index (κ3) is 2.62. The minimum absolute atomic E-state index is 0.930. The van der Waals surface area contributed by atoms with Gasteiger partial charge in [0.15, 0.2) is 8.07 Å². The van der Waals surface area contributed by atoms with E-state index in [1.165, 1.54) is 53.8 Å². The van der Waals surface area contributed by atoms with Gasteiger partial charge >= 0.3 is 0 Å². The lowest BCUT2D eigenvalue weighted by molar-refractivity contribution is 0.669. The van der Waals surface area contributed by atoms with E-state index in [2.05, 4.69) is 121 Å². The molecule has 3 heteroatoms. The van der Waals surface area contributed by atoms with Crippen LogP contribution in [0.5, 0.6) is 0 Å². The van der Waals surface area contributed by atoms with Gasteiger partial charge in [0.1, 0.15) is 22.3 Å². The molecule has 0 fully saturated rings. The molecule has 0 unspecified atom stereocenters. The normalized spacial score (nSPS) is 14.4. The van der Waals surface area contributed by atoms with Crippen molar-refractivity contribution < 1.29 is 8.83 Å². The quantitative estimate of drug-likeness (QED) is 0.189. The third-order valence-corrected chi connectivity index (χ3v) is 14.3. The molecule has 4 heterocycles. The highest BCUT2D eigenvalue weighted by Gasteiger charge is 2.51. The van der Waals surface area contributed by atoms with Crippen LogP contribution in [0.1, 0.15) is 11.1 Å². The predicted molar refractivity (Wildman–Crippen MR) is 173 cm³/mol. The van der Waals surface area contributed by atoms with Crippen molar-refractivity contribution in [1.29, 1.82) is 0 Å². The summed E-state index contributed by atoms with van der Waals surface area (Å²) in [6, 6.07) is 44.2. The van der Waals surface area contributed by atoms with Crippen LogP contribution in [-0.2, 0) is 0 Å². The van der Waals surface area contributed by atoms with E-state index in [1.807, 2.05) is 12.1 Å². The van der Waals surface area contributed by atoms with Crippen molar-refractivity contribution >= 4 is 84.8 Å². The molecule has 0 atom stereocenters. The van der Waals surface area contributed by atoms with Crippen LogP contribution < -0.4 is 20.7 Å². The second-order valence-corrected chi connectivity index (χ2v) is 14.9. The largest absolute Gasteiger partial charge is 0.456 e. The zero-order valence-electron chi connectivity index (χ0n) is 22.0. The molecule has 41 heavy (non-hydrogen) atoms. The summed E-state index contributed by atoms with van der Waals surface area (Å²) in [5, 5.41) is 10.2. The number of fused-ring (bicyclic) bond motifs is 15. The minimum atomic E-state index is -2.77. The fourth-order valence-corrected chi connectivity index (χ4v) is 13.2. The zero-order valence-corrected chi connectivity index (χ0v) is 23.0. The first-order valence-electron chi connectivity index (χ1n) is 14.1. The topological polar surface area (TPSA) is 26.3 Å². The molecular formula is C38H22O2Si. The summed E-state index contributed by atoms with van der Waals surface area (Å²) in [4.78, 5) is 0. The first kappa shape index (κ1) is 21.7. The summed E-state index contributed by atoms with van der Waals surface area (Å²) >= 11 is 0. The number of para-hydroxylation sites is 2. The number of hydrogen-bond acceptors (Lipinski definition) is 2. The molecule has 0 amide bonds. The van der Waals surface area contributed by atoms with Crippen LogP contribution in [0, 0.1) is 0 Å².